The number of amides is 2. The Kier molecular flexibility index (Phi) is 9.44. The molecular weight excluding hydrogens is 479 g/mol. The maximum Gasteiger partial charge on any atom is 0.261 e. The number of ether oxygens (including phenoxy) is 1. The molecule has 156 valence electrons. The van der Waals surface area contributed by atoms with Crippen molar-refractivity contribution in [3.8, 4) is 5.75 Å². The molecule has 2 amide bonds. The Bertz CT molecular complexity index is 778. The van der Waals surface area contributed by atoms with Gasteiger partial charge in [-0.3, -0.25) is 9.59 Å². The predicted molar refractivity (Wildman–Crippen MR) is 124 cm³/mol. The summed E-state index contributed by atoms with van der Waals surface area (Å²) >= 11 is 2.22. The highest BCUT2D eigenvalue weighted by Gasteiger charge is 2.26. The summed E-state index contributed by atoms with van der Waals surface area (Å²) in [5, 5.41) is 2.92. The molecule has 2 rings (SSSR count). The normalized spacial score (nSPS) is 11.8. The minimum absolute atomic E-state index is 0.100. The van der Waals surface area contributed by atoms with Crippen molar-refractivity contribution in [3.05, 3.63) is 63.7 Å². The van der Waals surface area contributed by atoms with E-state index in [9.17, 15) is 9.59 Å². The molecule has 1 atom stereocenters. The summed E-state index contributed by atoms with van der Waals surface area (Å²) in [6, 6.07) is 16.9. The average Bonchev–Trinajstić information content (AvgIpc) is 2.72. The van der Waals surface area contributed by atoms with E-state index < -0.39 is 6.04 Å². The summed E-state index contributed by atoms with van der Waals surface area (Å²) in [6.07, 6.45) is 0.678. The Labute approximate surface area is 187 Å². The number of nitrogens with zero attached hydrogens (tertiary/aromatic N) is 1. The first kappa shape index (κ1) is 23.2. The van der Waals surface area contributed by atoms with Crippen LogP contribution in [-0.4, -0.2) is 42.5 Å². The molecule has 0 saturated heterocycles. The van der Waals surface area contributed by atoms with Crippen molar-refractivity contribution in [2.75, 3.05) is 19.7 Å². The molecule has 0 aromatic heterocycles. The van der Waals surface area contributed by atoms with Crippen LogP contribution in [0.3, 0.4) is 0 Å². The van der Waals surface area contributed by atoms with E-state index >= 15 is 0 Å². The Balaban J connectivity index is 2.03. The van der Waals surface area contributed by atoms with Gasteiger partial charge in [0.25, 0.3) is 5.91 Å². The summed E-state index contributed by atoms with van der Waals surface area (Å²) in [6.45, 7) is 6.79. The molecule has 0 heterocycles. The summed E-state index contributed by atoms with van der Waals surface area (Å²) in [5.41, 5.74) is 1.12. The lowest BCUT2D eigenvalue weighted by Gasteiger charge is -2.29. The van der Waals surface area contributed by atoms with Crippen LogP contribution in [0.2, 0.25) is 0 Å². The van der Waals surface area contributed by atoms with Gasteiger partial charge in [0.1, 0.15) is 11.8 Å². The maximum absolute atomic E-state index is 12.9. The molecular formula is C23H29IN2O3. The van der Waals surface area contributed by atoms with E-state index in [4.69, 9.17) is 4.74 Å². The van der Waals surface area contributed by atoms with Gasteiger partial charge < -0.3 is 15.0 Å². The van der Waals surface area contributed by atoms with E-state index in [2.05, 4.69) is 27.9 Å². The van der Waals surface area contributed by atoms with Crippen LogP contribution in [-0.2, 0) is 16.0 Å². The summed E-state index contributed by atoms with van der Waals surface area (Å²) < 4.78 is 6.76. The third-order valence-electron chi connectivity index (χ3n) is 4.51. The first-order chi connectivity index (χ1) is 13.9. The fourth-order valence-electron chi connectivity index (χ4n) is 2.78. The number of benzene rings is 2. The first-order valence-electron chi connectivity index (χ1n) is 9.86. The van der Waals surface area contributed by atoms with Crippen molar-refractivity contribution in [3.63, 3.8) is 0 Å². The molecule has 5 nitrogen and oxygen atoms in total. The number of halogens is 1. The maximum atomic E-state index is 12.9. The SMILES string of the molecule is CC(C)CNC(=O)C(C)N(CCc1ccccc1)C(=O)COc1ccc(I)cc1. The minimum atomic E-state index is -0.565. The molecule has 0 saturated carbocycles. The van der Waals surface area contributed by atoms with Gasteiger partial charge in [0.15, 0.2) is 6.61 Å². The van der Waals surface area contributed by atoms with E-state index in [0.29, 0.717) is 31.2 Å². The van der Waals surface area contributed by atoms with Crippen LogP contribution in [0.5, 0.6) is 5.75 Å². The second kappa shape index (κ2) is 11.8. The van der Waals surface area contributed by atoms with E-state index in [-0.39, 0.29) is 18.4 Å². The monoisotopic (exact) mass is 508 g/mol. The van der Waals surface area contributed by atoms with E-state index in [0.717, 1.165) is 9.13 Å². The Hall–Kier alpha value is -2.09. The van der Waals surface area contributed by atoms with Crippen LogP contribution in [0.1, 0.15) is 26.3 Å². The number of rotatable bonds is 10. The van der Waals surface area contributed by atoms with E-state index in [1.54, 1.807) is 11.8 Å². The summed E-state index contributed by atoms with van der Waals surface area (Å²) in [7, 11) is 0. The van der Waals surface area contributed by atoms with Crippen molar-refractivity contribution < 1.29 is 14.3 Å². The van der Waals surface area contributed by atoms with E-state index in [1.165, 1.54) is 0 Å². The fourth-order valence-corrected chi connectivity index (χ4v) is 3.14. The van der Waals surface area contributed by atoms with Crippen LogP contribution < -0.4 is 10.1 Å². The molecule has 1 unspecified atom stereocenters. The highest BCUT2D eigenvalue weighted by molar-refractivity contribution is 14.1. The third-order valence-corrected chi connectivity index (χ3v) is 5.23. The zero-order valence-electron chi connectivity index (χ0n) is 17.2. The number of nitrogens with one attached hydrogen (secondary N) is 1. The van der Waals surface area contributed by atoms with Crippen molar-refractivity contribution in [1.82, 2.24) is 10.2 Å². The van der Waals surface area contributed by atoms with Crippen LogP contribution in [0, 0.1) is 9.49 Å². The highest BCUT2D eigenvalue weighted by atomic mass is 127. The fraction of sp³-hybridized carbons (Fsp3) is 0.391. The number of hydrogen-bond acceptors (Lipinski definition) is 3. The third kappa shape index (κ3) is 8.04. The molecule has 0 fully saturated rings. The van der Waals surface area contributed by atoms with Gasteiger partial charge in [-0.25, -0.2) is 0 Å². The van der Waals surface area contributed by atoms with Crippen molar-refractivity contribution in [1.29, 1.82) is 0 Å². The van der Waals surface area contributed by atoms with Gasteiger partial charge in [0.2, 0.25) is 5.91 Å². The minimum Gasteiger partial charge on any atom is -0.484 e. The molecule has 0 aliphatic rings. The summed E-state index contributed by atoms with van der Waals surface area (Å²) in [4.78, 5) is 27.1. The van der Waals surface area contributed by atoms with Crippen LogP contribution in [0.15, 0.2) is 54.6 Å². The standard InChI is InChI=1S/C23H29IN2O3/c1-17(2)15-25-23(28)18(3)26(14-13-19-7-5-4-6-8-19)22(27)16-29-21-11-9-20(24)10-12-21/h4-12,17-18H,13-16H2,1-3H3,(H,25,28). The van der Waals surface area contributed by atoms with Gasteiger partial charge in [-0.05, 0) is 71.7 Å². The zero-order valence-corrected chi connectivity index (χ0v) is 19.4. The number of carbonyl (C=O) groups is 2. The van der Waals surface area contributed by atoms with Gasteiger partial charge in [-0.1, -0.05) is 44.2 Å². The van der Waals surface area contributed by atoms with Crippen LogP contribution in [0.4, 0.5) is 0 Å². The molecule has 0 spiro atoms. The molecule has 2 aromatic carbocycles. The van der Waals surface area contributed by atoms with Gasteiger partial charge in [-0.2, -0.15) is 0 Å². The summed E-state index contributed by atoms with van der Waals surface area (Å²) in [5.74, 6) is 0.642. The van der Waals surface area contributed by atoms with Crippen LogP contribution >= 0.6 is 22.6 Å². The van der Waals surface area contributed by atoms with Gasteiger partial charge in [0, 0.05) is 16.7 Å². The second-order valence-electron chi connectivity index (χ2n) is 7.38. The quantitative estimate of drug-likeness (QED) is 0.496. The molecule has 0 aliphatic carbocycles. The molecule has 6 heteroatoms. The Morgan fingerprint density at radius 3 is 2.31 bits per heavy atom. The predicted octanol–water partition coefficient (Wildman–Crippen LogP) is 3.90. The van der Waals surface area contributed by atoms with Gasteiger partial charge >= 0.3 is 0 Å². The molecule has 1 N–H and O–H groups in total. The second-order valence-corrected chi connectivity index (χ2v) is 8.63. The molecule has 0 aliphatic heterocycles. The molecule has 2 aromatic rings. The smallest absolute Gasteiger partial charge is 0.261 e. The lowest BCUT2D eigenvalue weighted by Crippen LogP contribution is -2.50. The lowest BCUT2D eigenvalue weighted by molar-refractivity contribution is -0.141. The molecule has 29 heavy (non-hydrogen) atoms. The number of carbonyl (C=O) groups excluding carboxylic acids is 2. The highest BCUT2D eigenvalue weighted by Crippen LogP contribution is 2.14. The average molecular weight is 508 g/mol. The first-order valence-corrected chi connectivity index (χ1v) is 10.9. The lowest BCUT2D eigenvalue weighted by atomic mass is 10.1. The zero-order chi connectivity index (χ0) is 21.2. The van der Waals surface area contributed by atoms with Crippen LogP contribution in [0.25, 0.3) is 0 Å². The van der Waals surface area contributed by atoms with Gasteiger partial charge in [0.05, 0.1) is 0 Å². The topological polar surface area (TPSA) is 58.6 Å². The Morgan fingerprint density at radius 1 is 1.03 bits per heavy atom. The largest absolute Gasteiger partial charge is 0.484 e. The number of hydrogen-bond donors (Lipinski definition) is 1. The van der Waals surface area contributed by atoms with Crippen molar-refractivity contribution >= 4 is 34.4 Å². The van der Waals surface area contributed by atoms with Gasteiger partial charge in [-0.15, -0.1) is 0 Å². The van der Waals surface area contributed by atoms with Crippen molar-refractivity contribution in [2.45, 2.75) is 33.2 Å². The Morgan fingerprint density at radius 2 is 1.69 bits per heavy atom. The van der Waals surface area contributed by atoms with E-state index in [1.807, 2.05) is 68.4 Å². The van der Waals surface area contributed by atoms with Crippen molar-refractivity contribution in [2.24, 2.45) is 5.92 Å². The molecule has 0 bridgehead atoms. The molecule has 0 radical (unpaired) electrons.